The Balaban J connectivity index is 1.57. The van der Waals surface area contributed by atoms with Crippen LogP contribution in [0.5, 0.6) is 17.2 Å². The highest BCUT2D eigenvalue weighted by atomic mass is 16.5. The second-order valence-corrected chi connectivity index (χ2v) is 7.11. The lowest BCUT2D eigenvalue weighted by Gasteiger charge is -2.15. The fraction of sp³-hybridized carbons (Fsp3) is 0.304. The molecule has 1 fully saturated rings. The van der Waals surface area contributed by atoms with Crippen LogP contribution in [-0.4, -0.2) is 31.9 Å². The number of anilines is 1. The van der Waals surface area contributed by atoms with Crippen molar-refractivity contribution < 1.29 is 23.5 Å². The Labute approximate surface area is 174 Å². The van der Waals surface area contributed by atoms with Crippen LogP contribution >= 0.6 is 0 Å². The summed E-state index contributed by atoms with van der Waals surface area (Å²) in [5.41, 5.74) is 1.39. The van der Waals surface area contributed by atoms with Gasteiger partial charge >= 0.3 is 0 Å². The monoisotopic (exact) mass is 408 g/mol. The van der Waals surface area contributed by atoms with E-state index in [1.165, 1.54) is 0 Å². The molecule has 1 amide bonds. The van der Waals surface area contributed by atoms with Gasteiger partial charge in [0.15, 0.2) is 17.3 Å². The summed E-state index contributed by atoms with van der Waals surface area (Å²) in [5.74, 6) is 2.34. The molecule has 30 heavy (non-hydrogen) atoms. The van der Waals surface area contributed by atoms with Crippen molar-refractivity contribution >= 4 is 11.6 Å². The number of hydrogen-bond acceptors (Lipinski definition) is 6. The molecule has 7 nitrogen and oxygen atoms in total. The Bertz CT molecular complexity index is 1060. The summed E-state index contributed by atoms with van der Waals surface area (Å²) in [6.45, 7) is 2.43. The van der Waals surface area contributed by atoms with Crippen LogP contribution < -0.4 is 19.5 Å². The molecule has 1 heterocycles. The van der Waals surface area contributed by atoms with Gasteiger partial charge in [-0.25, -0.2) is 0 Å². The van der Waals surface area contributed by atoms with Crippen molar-refractivity contribution in [1.29, 1.82) is 0 Å². The van der Waals surface area contributed by atoms with Crippen molar-refractivity contribution in [2.24, 2.45) is 0 Å². The molecule has 4 rings (SSSR count). The predicted octanol–water partition coefficient (Wildman–Crippen LogP) is 4.43. The van der Waals surface area contributed by atoms with E-state index in [2.05, 4.69) is 10.5 Å². The van der Waals surface area contributed by atoms with Crippen molar-refractivity contribution in [1.82, 2.24) is 5.16 Å². The van der Waals surface area contributed by atoms with Crippen molar-refractivity contribution in [3.63, 3.8) is 0 Å². The average Bonchev–Trinajstić information content (AvgIpc) is 3.44. The minimum atomic E-state index is -0.683. The molecular formula is C23H24N2O5. The molecule has 0 bridgehead atoms. The summed E-state index contributed by atoms with van der Waals surface area (Å²) >= 11 is 0. The molecule has 0 atom stereocenters. The van der Waals surface area contributed by atoms with Crippen molar-refractivity contribution in [2.45, 2.75) is 25.2 Å². The molecule has 0 aliphatic heterocycles. The number of aromatic nitrogens is 1. The van der Waals surface area contributed by atoms with E-state index in [0.717, 1.165) is 5.56 Å². The number of carbonyl (C=O) groups is 1. The van der Waals surface area contributed by atoms with Gasteiger partial charge in [0, 0.05) is 11.6 Å². The van der Waals surface area contributed by atoms with E-state index in [0.29, 0.717) is 53.8 Å². The van der Waals surface area contributed by atoms with Crippen molar-refractivity contribution in [2.75, 3.05) is 26.1 Å². The zero-order chi connectivity index (χ0) is 21.1. The first-order valence-corrected chi connectivity index (χ1v) is 9.84. The molecule has 156 valence electrons. The van der Waals surface area contributed by atoms with Gasteiger partial charge < -0.3 is 24.1 Å². The molecule has 1 saturated carbocycles. The summed E-state index contributed by atoms with van der Waals surface area (Å²) in [6.07, 6.45) is 1.43. The quantitative estimate of drug-likeness (QED) is 0.594. The topological polar surface area (TPSA) is 82.8 Å². The standard InChI is InChI=1S/C23H24N2O5/c1-4-29-17-8-6-5-7-16(17)24-22(26)23(11-12-23)21-14-19(30-25-21)15-9-10-18(27-2)20(13-15)28-3/h5-10,13-14H,4,11-12H2,1-3H3,(H,24,26). The number of carbonyl (C=O) groups excluding carboxylic acids is 1. The van der Waals surface area contributed by atoms with Gasteiger partial charge in [-0.3, -0.25) is 4.79 Å². The number of methoxy groups -OCH3 is 2. The second-order valence-electron chi connectivity index (χ2n) is 7.11. The van der Waals surface area contributed by atoms with E-state index in [4.69, 9.17) is 18.7 Å². The normalized spacial score (nSPS) is 14.1. The zero-order valence-corrected chi connectivity index (χ0v) is 17.2. The molecule has 1 aliphatic carbocycles. The number of benzene rings is 2. The molecule has 0 radical (unpaired) electrons. The minimum absolute atomic E-state index is 0.109. The Morgan fingerprint density at radius 1 is 1.07 bits per heavy atom. The van der Waals surface area contributed by atoms with E-state index >= 15 is 0 Å². The number of hydrogen-bond donors (Lipinski definition) is 1. The first kappa shape index (κ1) is 19.8. The predicted molar refractivity (Wildman–Crippen MR) is 112 cm³/mol. The number of amides is 1. The Morgan fingerprint density at radius 3 is 2.53 bits per heavy atom. The van der Waals surface area contributed by atoms with Gasteiger partial charge in [-0.05, 0) is 50.1 Å². The van der Waals surface area contributed by atoms with Gasteiger partial charge in [0.05, 0.1) is 37.6 Å². The highest BCUT2D eigenvalue weighted by molar-refractivity contribution is 6.02. The van der Waals surface area contributed by atoms with Crippen LogP contribution in [0.3, 0.4) is 0 Å². The smallest absolute Gasteiger partial charge is 0.236 e. The van der Waals surface area contributed by atoms with Gasteiger partial charge in [0.1, 0.15) is 5.75 Å². The maximum absolute atomic E-state index is 13.1. The zero-order valence-electron chi connectivity index (χ0n) is 17.2. The van der Waals surface area contributed by atoms with Crippen molar-refractivity contribution in [3.8, 4) is 28.6 Å². The molecule has 3 aromatic rings. The third-order valence-corrected chi connectivity index (χ3v) is 5.29. The molecule has 2 aromatic carbocycles. The Hall–Kier alpha value is -3.48. The summed E-state index contributed by atoms with van der Waals surface area (Å²) in [6, 6.07) is 14.7. The van der Waals surface area contributed by atoms with E-state index in [1.807, 2.05) is 49.4 Å². The summed E-state index contributed by atoms with van der Waals surface area (Å²) in [4.78, 5) is 13.1. The molecule has 1 N–H and O–H groups in total. The fourth-order valence-corrected chi connectivity index (χ4v) is 3.44. The third kappa shape index (κ3) is 3.58. The van der Waals surface area contributed by atoms with E-state index in [9.17, 15) is 4.79 Å². The molecule has 1 aromatic heterocycles. The largest absolute Gasteiger partial charge is 0.493 e. The summed E-state index contributed by atoms with van der Waals surface area (Å²) in [5, 5.41) is 7.20. The van der Waals surface area contributed by atoms with Crippen molar-refractivity contribution in [3.05, 3.63) is 54.2 Å². The van der Waals surface area contributed by atoms with Gasteiger partial charge in [-0.15, -0.1) is 0 Å². The van der Waals surface area contributed by atoms with Crippen LogP contribution in [0.2, 0.25) is 0 Å². The molecule has 7 heteroatoms. The van der Waals surface area contributed by atoms with Crippen LogP contribution in [0, 0.1) is 0 Å². The van der Waals surface area contributed by atoms with E-state index in [1.54, 1.807) is 20.3 Å². The van der Waals surface area contributed by atoms with Crippen LogP contribution in [0.15, 0.2) is 53.1 Å². The van der Waals surface area contributed by atoms with Gasteiger partial charge in [0.2, 0.25) is 5.91 Å². The number of nitrogens with zero attached hydrogens (tertiary/aromatic N) is 1. The van der Waals surface area contributed by atoms with Crippen LogP contribution in [-0.2, 0) is 10.2 Å². The Kier molecular flexibility index (Phi) is 5.35. The number of nitrogens with one attached hydrogen (secondary N) is 1. The van der Waals surface area contributed by atoms with E-state index < -0.39 is 5.41 Å². The van der Waals surface area contributed by atoms with Gasteiger partial charge in [-0.1, -0.05) is 17.3 Å². The maximum Gasteiger partial charge on any atom is 0.236 e. The number of ether oxygens (including phenoxy) is 3. The maximum atomic E-state index is 13.1. The van der Waals surface area contributed by atoms with Crippen LogP contribution in [0.25, 0.3) is 11.3 Å². The highest BCUT2D eigenvalue weighted by Crippen LogP contribution is 2.49. The minimum Gasteiger partial charge on any atom is -0.493 e. The lowest BCUT2D eigenvalue weighted by Crippen LogP contribution is -2.28. The Morgan fingerprint density at radius 2 is 1.83 bits per heavy atom. The molecular weight excluding hydrogens is 384 g/mol. The second kappa shape index (κ2) is 8.10. The third-order valence-electron chi connectivity index (χ3n) is 5.29. The SMILES string of the molecule is CCOc1ccccc1NC(=O)C1(c2cc(-c3ccc(OC)c(OC)c3)on2)CC1. The lowest BCUT2D eigenvalue weighted by atomic mass is 10.00. The van der Waals surface area contributed by atoms with Crippen LogP contribution in [0.4, 0.5) is 5.69 Å². The lowest BCUT2D eigenvalue weighted by molar-refractivity contribution is -0.118. The number of para-hydroxylation sites is 2. The van der Waals surface area contributed by atoms with Gasteiger partial charge in [0.25, 0.3) is 0 Å². The fourth-order valence-electron chi connectivity index (χ4n) is 3.44. The molecule has 0 spiro atoms. The summed E-state index contributed by atoms with van der Waals surface area (Å²) < 4.78 is 21.8. The van der Waals surface area contributed by atoms with Crippen LogP contribution in [0.1, 0.15) is 25.5 Å². The molecule has 1 aliphatic rings. The average molecular weight is 408 g/mol. The first-order chi connectivity index (χ1) is 14.6. The van der Waals surface area contributed by atoms with Gasteiger partial charge in [-0.2, -0.15) is 0 Å². The summed E-state index contributed by atoms with van der Waals surface area (Å²) in [7, 11) is 3.17. The first-order valence-electron chi connectivity index (χ1n) is 9.84. The molecule has 0 unspecified atom stereocenters. The van der Waals surface area contributed by atoms with E-state index in [-0.39, 0.29) is 5.91 Å². The number of rotatable bonds is 8. The highest BCUT2D eigenvalue weighted by Gasteiger charge is 2.54. The molecule has 0 saturated heterocycles.